The van der Waals surface area contributed by atoms with Gasteiger partial charge in [0.2, 0.25) is 0 Å². The first kappa shape index (κ1) is 17.5. The second kappa shape index (κ2) is 9.36. The van der Waals surface area contributed by atoms with Gasteiger partial charge >= 0.3 is 6.03 Å². The van der Waals surface area contributed by atoms with Crippen LogP contribution in [0.2, 0.25) is 0 Å². The SMILES string of the molecule is CC(C)OCc1ccccc1CNC(=O)NCC1CC=CCC1. The van der Waals surface area contributed by atoms with Crippen LogP contribution in [0.3, 0.4) is 0 Å². The van der Waals surface area contributed by atoms with Crippen LogP contribution in [0.1, 0.15) is 44.2 Å². The highest BCUT2D eigenvalue weighted by molar-refractivity contribution is 5.73. The van der Waals surface area contributed by atoms with Gasteiger partial charge in [-0.15, -0.1) is 0 Å². The minimum Gasteiger partial charge on any atom is -0.374 e. The van der Waals surface area contributed by atoms with Crippen LogP contribution in [0.4, 0.5) is 4.79 Å². The molecule has 0 aromatic heterocycles. The van der Waals surface area contributed by atoms with Crippen LogP contribution in [-0.4, -0.2) is 18.7 Å². The molecule has 0 radical (unpaired) electrons. The van der Waals surface area contributed by atoms with Crippen molar-refractivity contribution in [1.82, 2.24) is 10.6 Å². The molecule has 2 N–H and O–H groups in total. The summed E-state index contributed by atoms with van der Waals surface area (Å²) in [6.07, 6.45) is 7.97. The van der Waals surface area contributed by atoms with E-state index in [0.717, 1.165) is 36.9 Å². The Labute approximate surface area is 139 Å². The quantitative estimate of drug-likeness (QED) is 0.752. The monoisotopic (exact) mass is 316 g/mol. The predicted molar refractivity (Wildman–Crippen MR) is 93.1 cm³/mol. The first-order valence-electron chi connectivity index (χ1n) is 8.50. The molecule has 2 rings (SSSR count). The van der Waals surface area contributed by atoms with Crippen molar-refractivity contribution < 1.29 is 9.53 Å². The first-order valence-corrected chi connectivity index (χ1v) is 8.50. The average molecular weight is 316 g/mol. The Morgan fingerprint density at radius 2 is 2.00 bits per heavy atom. The van der Waals surface area contributed by atoms with Crippen molar-refractivity contribution in [3.8, 4) is 0 Å². The number of carbonyl (C=O) groups excluding carboxylic acids is 1. The van der Waals surface area contributed by atoms with Crippen LogP contribution in [0, 0.1) is 5.92 Å². The Morgan fingerprint density at radius 1 is 1.22 bits per heavy atom. The summed E-state index contributed by atoms with van der Waals surface area (Å²) in [4.78, 5) is 12.0. The van der Waals surface area contributed by atoms with Crippen LogP contribution in [-0.2, 0) is 17.9 Å². The third kappa shape index (κ3) is 6.45. The minimum atomic E-state index is -0.0980. The molecule has 0 aliphatic heterocycles. The fourth-order valence-electron chi connectivity index (χ4n) is 2.64. The summed E-state index contributed by atoms with van der Waals surface area (Å²) >= 11 is 0. The summed E-state index contributed by atoms with van der Waals surface area (Å²) in [5.74, 6) is 0.567. The smallest absolute Gasteiger partial charge is 0.315 e. The van der Waals surface area contributed by atoms with Gasteiger partial charge in [-0.2, -0.15) is 0 Å². The average Bonchev–Trinajstić information content (AvgIpc) is 2.58. The lowest BCUT2D eigenvalue weighted by Crippen LogP contribution is -2.38. The zero-order valence-electron chi connectivity index (χ0n) is 14.2. The van der Waals surface area contributed by atoms with E-state index in [1.807, 2.05) is 38.1 Å². The van der Waals surface area contributed by atoms with Crippen LogP contribution in [0.15, 0.2) is 36.4 Å². The Balaban J connectivity index is 1.76. The van der Waals surface area contributed by atoms with Gasteiger partial charge in [0, 0.05) is 13.1 Å². The number of amides is 2. The van der Waals surface area contributed by atoms with E-state index in [1.54, 1.807) is 0 Å². The molecular formula is C19H28N2O2. The summed E-state index contributed by atoms with van der Waals surface area (Å²) in [7, 11) is 0. The highest BCUT2D eigenvalue weighted by Crippen LogP contribution is 2.16. The largest absolute Gasteiger partial charge is 0.374 e. The van der Waals surface area contributed by atoms with Gasteiger partial charge in [-0.25, -0.2) is 4.79 Å². The van der Waals surface area contributed by atoms with E-state index in [2.05, 4.69) is 22.8 Å². The first-order chi connectivity index (χ1) is 11.1. The van der Waals surface area contributed by atoms with Crippen molar-refractivity contribution in [3.63, 3.8) is 0 Å². The number of hydrogen-bond acceptors (Lipinski definition) is 2. The molecule has 0 spiro atoms. The number of hydrogen-bond donors (Lipinski definition) is 2. The molecule has 1 aliphatic carbocycles. The highest BCUT2D eigenvalue weighted by Gasteiger charge is 2.11. The molecule has 126 valence electrons. The molecule has 1 aliphatic rings. The number of urea groups is 1. The standard InChI is InChI=1S/C19H28N2O2/c1-15(2)23-14-18-11-7-6-10-17(18)13-21-19(22)20-12-16-8-4-3-5-9-16/h3-4,6-7,10-11,15-16H,5,8-9,12-14H2,1-2H3,(H2,20,21,22). The van der Waals surface area contributed by atoms with Crippen LogP contribution in [0.5, 0.6) is 0 Å². The molecule has 0 saturated heterocycles. The van der Waals surface area contributed by atoms with E-state index in [-0.39, 0.29) is 12.1 Å². The third-order valence-electron chi connectivity index (χ3n) is 4.06. The second-order valence-electron chi connectivity index (χ2n) is 6.34. The molecule has 0 saturated carbocycles. The maximum atomic E-state index is 12.0. The molecule has 4 nitrogen and oxygen atoms in total. The van der Waals surface area contributed by atoms with Gasteiger partial charge in [-0.1, -0.05) is 36.4 Å². The molecule has 1 aromatic carbocycles. The Morgan fingerprint density at radius 3 is 2.70 bits per heavy atom. The zero-order valence-corrected chi connectivity index (χ0v) is 14.2. The molecule has 4 heteroatoms. The molecule has 0 heterocycles. The van der Waals surface area contributed by atoms with Gasteiger partial charge in [-0.3, -0.25) is 0 Å². The fraction of sp³-hybridized carbons (Fsp3) is 0.526. The second-order valence-corrected chi connectivity index (χ2v) is 6.34. The van der Waals surface area contributed by atoms with Gasteiger partial charge < -0.3 is 15.4 Å². The Kier molecular flexibility index (Phi) is 7.14. The number of benzene rings is 1. The number of rotatable bonds is 7. The van der Waals surface area contributed by atoms with Gasteiger partial charge in [0.05, 0.1) is 12.7 Å². The molecule has 1 atom stereocenters. The van der Waals surface area contributed by atoms with E-state index < -0.39 is 0 Å². The summed E-state index contributed by atoms with van der Waals surface area (Å²) in [5, 5.41) is 5.92. The van der Waals surface area contributed by atoms with Gasteiger partial charge in [-0.05, 0) is 50.2 Å². The van der Waals surface area contributed by atoms with Crippen molar-refractivity contribution in [2.24, 2.45) is 5.92 Å². The van der Waals surface area contributed by atoms with Crippen molar-refractivity contribution in [2.75, 3.05) is 6.54 Å². The topological polar surface area (TPSA) is 50.4 Å². The van der Waals surface area contributed by atoms with Crippen molar-refractivity contribution in [1.29, 1.82) is 0 Å². The van der Waals surface area contributed by atoms with Gasteiger partial charge in [0.15, 0.2) is 0 Å². The lowest BCUT2D eigenvalue weighted by atomic mass is 9.94. The third-order valence-corrected chi connectivity index (χ3v) is 4.06. The maximum Gasteiger partial charge on any atom is 0.315 e. The number of allylic oxidation sites excluding steroid dienone is 2. The van der Waals surface area contributed by atoms with Crippen LogP contribution >= 0.6 is 0 Å². The molecule has 23 heavy (non-hydrogen) atoms. The van der Waals surface area contributed by atoms with Crippen molar-refractivity contribution in [3.05, 3.63) is 47.5 Å². The molecule has 1 aromatic rings. The molecular weight excluding hydrogens is 288 g/mol. The number of ether oxygens (including phenoxy) is 1. The van der Waals surface area contributed by atoms with Crippen LogP contribution < -0.4 is 10.6 Å². The Hall–Kier alpha value is -1.81. The van der Waals surface area contributed by atoms with Gasteiger partial charge in [0.25, 0.3) is 0 Å². The lowest BCUT2D eigenvalue weighted by molar-refractivity contribution is 0.0652. The van der Waals surface area contributed by atoms with Gasteiger partial charge in [0.1, 0.15) is 0 Å². The van der Waals surface area contributed by atoms with Crippen molar-refractivity contribution >= 4 is 6.03 Å². The number of carbonyl (C=O) groups is 1. The zero-order chi connectivity index (χ0) is 16.5. The Bertz CT molecular complexity index is 526. The van der Waals surface area contributed by atoms with E-state index >= 15 is 0 Å². The van der Waals surface area contributed by atoms with Crippen molar-refractivity contribution in [2.45, 2.75) is 52.4 Å². The summed E-state index contributed by atoms with van der Waals surface area (Å²) in [6, 6.07) is 7.97. The normalized spacial score (nSPS) is 17.3. The molecule has 1 unspecified atom stereocenters. The summed E-state index contributed by atoms with van der Waals surface area (Å²) in [6.45, 7) is 5.89. The fourth-order valence-corrected chi connectivity index (χ4v) is 2.64. The maximum absolute atomic E-state index is 12.0. The predicted octanol–water partition coefficient (Wildman–Crippen LogP) is 3.77. The summed E-state index contributed by atoms with van der Waals surface area (Å²) < 4.78 is 5.67. The highest BCUT2D eigenvalue weighted by atomic mass is 16.5. The van der Waals surface area contributed by atoms with E-state index in [1.165, 1.54) is 0 Å². The minimum absolute atomic E-state index is 0.0980. The van der Waals surface area contributed by atoms with E-state index in [9.17, 15) is 4.79 Å². The van der Waals surface area contributed by atoms with Crippen LogP contribution in [0.25, 0.3) is 0 Å². The number of nitrogens with one attached hydrogen (secondary N) is 2. The summed E-state index contributed by atoms with van der Waals surface area (Å²) in [5.41, 5.74) is 2.22. The van der Waals surface area contributed by atoms with E-state index in [4.69, 9.17) is 4.74 Å². The molecule has 2 amide bonds. The molecule has 0 fully saturated rings. The lowest BCUT2D eigenvalue weighted by Gasteiger charge is -2.18. The molecule has 0 bridgehead atoms. The van der Waals surface area contributed by atoms with E-state index in [0.29, 0.717) is 19.1 Å².